The summed E-state index contributed by atoms with van der Waals surface area (Å²) in [6.07, 6.45) is 3.70. The minimum atomic E-state index is -0.237. The number of esters is 1. The number of carbonyl (C=O) groups is 2. The summed E-state index contributed by atoms with van der Waals surface area (Å²) in [4.78, 5) is 31.8. The van der Waals surface area contributed by atoms with Gasteiger partial charge in [0, 0.05) is 52.8 Å². The average Bonchev–Trinajstić information content (AvgIpc) is 3.19. The van der Waals surface area contributed by atoms with Crippen LogP contribution in [0, 0.1) is 0 Å². The first-order valence-corrected chi connectivity index (χ1v) is 9.08. The first-order chi connectivity index (χ1) is 12.2. The Balaban J connectivity index is 1.67. The van der Waals surface area contributed by atoms with Gasteiger partial charge in [-0.05, 0) is 25.7 Å². The van der Waals surface area contributed by atoms with Crippen molar-refractivity contribution in [1.29, 1.82) is 0 Å². The van der Waals surface area contributed by atoms with E-state index in [9.17, 15) is 9.59 Å². The molecule has 2 aliphatic heterocycles. The third-order valence-electron chi connectivity index (χ3n) is 4.63. The molecule has 2 aliphatic rings. The zero-order chi connectivity index (χ0) is 18.1. The monoisotopic (exact) mass is 354 g/mol. The highest BCUT2D eigenvalue weighted by atomic mass is 16.5. The zero-order valence-corrected chi connectivity index (χ0v) is 15.3. The Hall–Kier alpha value is -1.83. The van der Waals surface area contributed by atoms with Crippen LogP contribution in [0.25, 0.3) is 0 Å². The molecule has 0 bridgehead atoms. The Morgan fingerprint density at radius 2 is 1.92 bits per heavy atom. The fourth-order valence-corrected chi connectivity index (χ4v) is 3.14. The van der Waals surface area contributed by atoms with Gasteiger partial charge in [0.25, 0.3) is 5.91 Å². The van der Waals surface area contributed by atoms with Gasteiger partial charge in [0.05, 0.1) is 7.11 Å². The maximum atomic E-state index is 12.4. The average molecular weight is 354 g/mol. The quantitative estimate of drug-likeness (QED) is 0.318. The molecule has 2 heterocycles. The van der Waals surface area contributed by atoms with E-state index in [0.29, 0.717) is 26.1 Å². The van der Waals surface area contributed by atoms with Gasteiger partial charge >= 0.3 is 5.97 Å². The number of amides is 1. The fraction of sp³-hybridized carbons (Fsp3) is 0.824. The molecule has 2 rings (SSSR count). The van der Waals surface area contributed by atoms with Crippen molar-refractivity contribution in [1.82, 2.24) is 15.1 Å². The maximum Gasteiger partial charge on any atom is 0.305 e. The lowest BCUT2D eigenvalue weighted by Gasteiger charge is -2.37. The van der Waals surface area contributed by atoms with Crippen molar-refractivity contribution in [2.75, 3.05) is 53.5 Å². The lowest BCUT2D eigenvalue weighted by Crippen LogP contribution is -2.55. The third kappa shape index (κ3) is 5.88. The Kier molecular flexibility index (Phi) is 7.97. The van der Waals surface area contributed by atoms with Crippen LogP contribution in [0.5, 0.6) is 0 Å². The van der Waals surface area contributed by atoms with Gasteiger partial charge in [-0.3, -0.25) is 14.6 Å². The van der Waals surface area contributed by atoms with Crippen molar-refractivity contribution in [3.63, 3.8) is 0 Å². The molecule has 8 nitrogen and oxygen atoms in total. The normalized spacial score (nSPS) is 21.4. The lowest BCUT2D eigenvalue weighted by molar-refractivity contribution is -0.142. The molecule has 1 N–H and O–H groups in total. The van der Waals surface area contributed by atoms with E-state index in [4.69, 9.17) is 4.74 Å². The molecule has 1 atom stereocenters. The van der Waals surface area contributed by atoms with E-state index in [2.05, 4.69) is 19.9 Å². The van der Waals surface area contributed by atoms with Gasteiger partial charge in [-0.15, -0.1) is 0 Å². The lowest BCUT2D eigenvalue weighted by atomic mass is 10.2. The molecule has 1 amide bonds. The molecule has 0 spiro atoms. The van der Waals surface area contributed by atoms with Crippen LogP contribution in [0.1, 0.15) is 32.1 Å². The Morgan fingerprint density at radius 3 is 2.52 bits per heavy atom. The number of ether oxygens (including phenoxy) is 2. The molecule has 0 saturated carbocycles. The van der Waals surface area contributed by atoms with Crippen LogP contribution in [-0.2, 0) is 19.1 Å². The summed E-state index contributed by atoms with van der Waals surface area (Å²) in [5.41, 5.74) is 0. The number of unbranched alkanes of at least 4 members (excludes halogenated alkanes) is 1. The van der Waals surface area contributed by atoms with Crippen molar-refractivity contribution in [3.05, 3.63) is 0 Å². The summed E-state index contributed by atoms with van der Waals surface area (Å²) in [5, 5.41) is 3.33. The second kappa shape index (κ2) is 10.2. The van der Waals surface area contributed by atoms with E-state index in [1.807, 2.05) is 4.90 Å². The van der Waals surface area contributed by atoms with Crippen molar-refractivity contribution >= 4 is 17.8 Å². The highest BCUT2D eigenvalue weighted by molar-refractivity contribution is 5.82. The number of hydrogen-bond acceptors (Lipinski definition) is 5. The van der Waals surface area contributed by atoms with Gasteiger partial charge in [0.2, 0.25) is 0 Å². The summed E-state index contributed by atoms with van der Waals surface area (Å²) >= 11 is 0. The summed E-state index contributed by atoms with van der Waals surface area (Å²) < 4.78 is 10.1. The number of methoxy groups -OCH3 is 1. The van der Waals surface area contributed by atoms with Crippen LogP contribution in [0.4, 0.5) is 0 Å². The molecule has 2 saturated heterocycles. The summed E-state index contributed by atoms with van der Waals surface area (Å²) in [6, 6.07) is 0. The number of hydrogen-bond donors (Lipinski definition) is 1. The second-order valence-electron chi connectivity index (χ2n) is 6.32. The van der Waals surface area contributed by atoms with Gasteiger partial charge in [-0.1, -0.05) is 0 Å². The van der Waals surface area contributed by atoms with E-state index >= 15 is 0 Å². The largest absolute Gasteiger partial charge is 0.469 e. The fourth-order valence-electron chi connectivity index (χ4n) is 3.14. The molecule has 142 valence electrons. The van der Waals surface area contributed by atoms with Crippen molar-refractivity contribution in [3.8, 4) is 0 Å². The predicted octanol–water partition coefficient (Wildman–Crippen LogP) is 0.228. The van der Waals surface area contributed by atoms with E-state index in [0.717, 1.165) is 51.3 Å². The molecular weight excluding hydrogens is 324 g/mol. The molecule has 0 aromatic carbocycles. The van der Waals surface area contributed by atoms with Crippen molar-refractivity contribution in [2.45, 2.75) is 38.2 Å². The first kappa shape index (κ1) is 19.5. The highest BCUT2D eigenvalue weighted by Gasteiger charge is 2.30. The molecule has 0 aromatic heterocycles. The van der Waals surface area contributed by atoms with Crippen LogP contribution >= 0.6 is 0 Å². The maximum absolute atomic E-state index is 12.4. The van der Waals surface area contributed by atoms with Gasteiger partial charge in [0.15, 0.2) is 5.96 Å². The molecule has 0 aliphatic carbocycles. The number of carbonyl (C=O) groups excluding carboxylic acids is 2. The molecule has 8 heteroatoms. The van der Waals surface area contributed by atoms with Gasteiger partial charge < -0.3 is 24.6 Å². The minimum absolute atomic E-state index is 0.128. The second-order valence-corrected chi connectivity index (χ2v) is 6.32. The molecule has 0 radical (unpaired) electrons. The van der Waals surface area contributed by atoms with Crippen LogP contribution in [0.2, 0.25) is 0 Å². The van der Waals surface area contributed by atoms with Crippen LogP contribution in [0.3, 0.4) is 0 Å². The SMILES string of the molecule is CN=C(NCCCCC(=O)OC)N1CCN(C(=O)C2CCCO2)CC1. The molecule has 2 fully saturated rings. The summed E-state index contributed by atoms with van der Waals surface area (Å²) in [5.74, 6) is 0.807. The molecule has 0 aromatic rings. The van der Waals surface area contributed by atoms with E-state index < -0.39 is 0 Å². The molecule has 25 heavy (non-hydrogen) atoms. The zero-order valence-electron chi connectivity index (χ0n) is 15.3. The Morgan fingerprint density at radius 1 is 1.20 bits per heavy atom. The van der Waals surface area contributed by atoms with Crippen LogP contribution < -0.4 is 5.32 Å². The van der Waals surface area contributed by atoms with Crippen molar-refractivity contribution in [2.24, 2.45) is 4.99 Å². The predicted molar refractivity (Wildman–Crippen MR) is 94.4 cm³/mol. The van der Waals surface area contributed by atoms with Gasteiger partial charge in [-0.25, -0.2) is 0 Å². The third-order valence-corrected chi connectivity index (χ3v) is 4.63. The van der Waals surface area contributed by atoms with E-state index in [-0.39, 0.29) is 18.0 Å². The standard InChI is InChI=1S/C17H30N4O4/c1-18-17(19-8-4-3-7-15(22)24-2)21-11-9-20(10-12-21)16(23)14-6-5-13-25-14/h14H,3-13H2,1-2H3,(H,18,19). The van der Waals surface area contributed by atoms with Crippen LogP contribution in [-0.4, -0.2) is 87.2 Å². The summed E-state index contributed by atoms with van der Waals surface area (Å²) in [6.45, 7) is 4.38. The van der Waals surface area contributed by atoms with E-state index in [1.165, 1.54) is 7.11 Å². The number of rotatable bonds is 6. The topological polar surface area (TPSA) is 83.5 Å². The number of nitrogens with one attached hydrogen (secondary N) is 1. The number of piperazine rings is 1. The van der Waals surface area contributed by atoms with Gasteiger partial charge in [-0.2, -0.15) is 0 Å². The number of aliphatic imine (C=N–C) groups is 1. The molecule has 1 unspecified atom stereocenters. The number of nitrogens with zero attached hydrogens (tertiary/aromatic N) is 3. The summed E-state index contributed by atoms with van der Waals surface area (Å²) in [7, 11) is 3.17. The van der Waals surface area contributed by atoms with Crippen molar-refractivity contribution < 1.29 is 19.1 Å². The van der Waals surface area contributed by atoms with Crippen LogP contribution in [0.15, 0.2) is 4.99 Å². The van der Waals surface area contributed by atoms with E-state index in [1.54, 1.807) is 7.05 Å². The number of guanidine groups is 1. The highest BCUT2D eigenvalue weighted by Crippen LogP contribution is 2.16. The first-order valence-electron chi connectivity index (χ1n) is 9.08. The minimum Gasteiger partial charge on any atom is -0.469 e. The Labute approximate surface area is 149 Å². The smallest absolute Gasteiger partial charge is 0.305 e. The Bertz CT molecular complexity index is 469. The molecular formula is C17H30N4O4. The van der Waals surface area contributed by atoms with Gasteiger partial charge in [0.1, 0.15) is 6.10 Å².